The van der Waals surface area contributed by atoms with E-state index < -0.39 is 0 Å². The molecule has 0 bridgehead atoms. The summed E-state index contributed by atoms with van der Waals surface area (Å²) in [6.07, 6.45) is 5.82. The molecule has 1 aromatic heterocycles. The molecule has 0 saturated carbocycles. The number of aromatic nitrogens is 2. The SMILES string of the molecule is CCCn1ncc(OC)c1CCC(N)CC. The third-order valence-corrected chi connectivity index (χ3v) is 2.84. The molecule has 1 unspecified atom stereocenters. The topological polar surface area (TPSA) is 53.1 Å². The van der Waals surface area contributed by atoms with Gasteiger partial charge in [0.1, 0.15) is 0 Å². The van der Waals surface area contributed by atoms with Crippen LogP contribution in [0.25, 0.3) is 0 Å². The highest BCUT2D eigenvalue weighted by molar-refractivity contribution is 5.25. The number of hydrogen-bond donors (Lipinski definition) is 1. The van der Waals surface area contributed by atoms with Gasteiger partial charge in [-0.25, -0.2) is 0 Å². The van der Waals surface area contributed by atoms with Gasteiger partial charge in [0, 0.05) is 12.6 Å². The van der Waals surface area contributed by atoms with Crippen molar-refractivity contribution in [3.05, 3.63) is 11.9 Å². The van der Waals surface area contributed by atoms with Crippen LogP contribution in [-0.2, 0) is 13.0 Å². The molecule has 16 heavy (non-hydrogen) atoms. The summed E-state index contributed by atoms with van der Waals surface area (Å²) in [5.74, 6) is 0.886. The predicted molar refractivity (Wildman–Crippen MR) is 65.7 cm³/mol. The summed E-state index contributed by atoms with van der Waals surface area (Å²) in [7, 11) is 1.69. The van der Waals surface area contributed by atoms with Gasteiger partial charge in [-0.15, -0.1) is 0 Å². The van der Waals surface area contributed by atoms with Crippen LogP contribution in [0.15, 0.2) is 6.20 Å². The van der Waals surface area contributed by atoms with Crippen molar-refractivity contribution in [2.75, 3.05) is 7.11 Å². The number of aryl methyl sites for hydroxylation is 1. The molecule has 4 heteroatoms. The maximum absolute atomic E-state index is 5.93. The number of nitrogens with two attached hydrogens (primary N) is 1. The summed E-state index contributed by atoms with van der Waals surface area (Å²) in [6.45, 7) is 5.21. The second kappa shape index (κ2) is 6.53. The molecular formula is C12H23N3O. The molecule has 0 spiro atoms. The Morgan fingerprint density at radius 1 is 1.50 bits per heavy atom. The Morgan fingerprint density at radius 2 is 2.25 bits per heavy atom. The van der Waals surface area contributed by atoms with Crippen LogP contribution in [0.3, 0.4) is 0 Å². The Labute approximate surface area is 97.8 Å². The summed E-state index contributed by atoms with van der Waals surface area (Å²) in [6, 6.07) is 0.273. The lowest BCUT2D eigenvalue weighted by molar-refractivity contribution is 0.404. The third-order valence-electron chi connectivity index (χ3n) is 2.84. The Hall–Kier alpha value is -1.03. The van der Waals surface area contributed by atoms with Crippen LogP contribution in [-0.4, -0.2) is 22.9 Å². The fourth-order valence-corrected chi connectivity index (χ4v) is 1.75. The van der Waals surface area contributed by atoms with E-state index in [1.165, 1.54) is 5.69 Å². The smallest absolute Gasteiger partial charge is 0.159 e. The molecule has 0 aromatic carbocycles. The number of nitrogens with zero attached hydrogens (tertiary/aromatic N) is 2. The summed E-state index contributed by atoms with van der Waals surface area (Å²) < 4.78 is 7.34. The molecule has 0 aliphatic heterocycles. The van der Waals surface area contributed by atoms with Gasteiger partial charge >= 0.3 is 0 Å². The van der Waals surface area contributed by atoms with Gasteiger partial charge in [0.2, 0.25) is 0 Å². The van der Waals surface area contributed by atoms with Crippen LogP contribution in [0.2, 0.25) is 0 Å². The molecular weight excluding hydrogens is 202 g/mol. The van der Waals surface area contributed by atoms with E-state index in [1.54, 1.807) is 13.3 Å². The van der Waals surface area contributed by atoms with E-state index in [0.717, 1.165) is 38.0 Å². The highest BCUT2D eigenvalue weighted by Gasteiger charge is 2.11. The fraction of sp³-hybridized carbons (Fsp3) is 0.750. The first kappa shape index (κ1) is 13.0. The molecule has 1 aromatic rings. The highest BCUT2D eigenvalue weighted by atomic mass is 16.5. The summed E-state index contributed by atoms with van der Waals surface area (Å²) in [4.78, 5) is 0. The third kappa shape index (κ3) is 3.23. The molecule has 1 rings (SSSR count). The van der Waals surface area contributed by atoms with Crippen molar-refractivity contribution < 1.29 is 4.74 Å². The van der Waals surface area contributed by atoms with E-state index in [-0.39, 0.29) is 6.04 Å². The van der Waals surface area contributed by atoms with Crippen molar-refractivity contribution in [3.63, 3.8) is 0 Å². The fourth-order valence-electron chi connectivity index (χ4n) is 1.75. The zero-order valence-electron chi connectivity index (χ0n) is 10.6. The maximum Gasteiger partial charge on any atom is 0.159 e. The minimum atomic E-state index is 0.273. The van der Waals surface area contributed by atoms with E-state index in [0.29, 0.717) is 0 Å². The molecule has 0 amide bonds. The number of rotatable bonds is 7. The summed E-state index contributed by atoms with van der Waals surface area (Å²) in [5.41, 5.74) is 7.11. The second-order valence-electron chi connectivity index (χ2n) is 4.09. The predicted octanol–water partition coefficient (Wildman–Crippen LogP) is 1.97. The molecule has 4 nitrogen and oxygen atoms in total. The van der Waals surface area contributed by atoms with Crippen molar-refractivity contribution in [1.82, 2.24) is 9.78 Å². The summed E-state index contributed by atoms with van der Waals surface area (Å²) in [5, 5.41) is 4.33. The lowest BCUT2D eigenvalue weighted by Crippen LogP contribution is -2.20. The van der Waals surface area contributed by atoms with Crippen LogP contribution in [0, 0.1) is 0 Å². The first-order valence-corrected chi connectivity index (χ1v) is 6.07. The lowest BCUT2D eigenvalue weighted by Gasteiger charge is -2.11. The lowest BCUT2D eigenvalue weighted by atomic mass is 10.1. The van der Waals surface area contributed by atoms with Crippen molar-refractivity contribution in [2.45, 2.75) is 52.1 Å². The number of hydrogen-bond acceptors (Lipinski definition) is 3. The molecule has 0 saturated heterocycles. The van der Waals surface area contributed by atoms with Gasteiger partial charge in [0.15, 0.2) is 5.75 Å². The molecule has 0 radical (unpaired) electrons. The van der Waals surface area contributed by atoms with E-state index in [4.69, 9.17) is 10.5 Å². The Kier molecular flexibility index (Phi) is 5.32. The molecule has 1 heterocycles. The normalized spacial score (nSPS) is 12.8. The van der Waals surface area contributed by atoms with Gasteiger partial charge in [0.05, 0.1) is 19.0 Å². The van der Waals surface area contributed by atoms with Gasteiger partial charge in [0.25, 0.3) is 0 Å². The van der Waals surface area contributed by atoms with E-state index in [2.05, 4.69) is 18.9 Å². The Balaban J connectivity index is 2.70. The van der Waals surface area contributed by atoms with Crippen molar-refractivity contribution in [3.8, 4) is 5.75 Å². The molecule has 1 atom stereocenters. The monoisotopic (exact) mass is 225 g/mol. The highest BCUT2D eigenvalue weighted by Crippen LogP contribution is 2.20. The van der Waals surface area contributed by atoms with Crippen LogP contribution >= 0.6 is 0 Å². The van der Waals surface area contributed by atoms with Gasteiger partial charge in [-0.05, 0) is 25.7 Å². The van der Waals surface area contributed by atoms with Gasteiger partial charge in [-0.2, -0.15) is 5.10 Å². The molecule has 2 N–H and O–H groups in total. The number of methoxy groups -OCH3 is 1. The molecule has 92 valence electrons. The zero-order valence-corrected chi connectivity index (χ0v) is 10.6. The van der Waals surface area contributed by atoms with Crippen LogP contribution < -0.4 is 10.5 Å². The van der Waals surface area contributed by atoms with Crippen molar-refractivity contribution in [1.29, 1.82) is 0 Å². The standard InChI is InChI=1S/C12H23N3O/c1-4-8-15-11(7-6-10(13)5-2)12(16-3)9-14-15/h9-10H,4-8,13H2,1-3H3. The first-order valence-electron chi connectivity index (χ1n) is 6.07. The quantitative estimate of drug-likeness (QED) is 0.772. The second-order valence-corrected chi connectivity index (χ2v) is 4.09. The number of ether oxygens (including phenoxy) is 1. The van der Waals surface area contributed by atoms with E-state index >= 15 is 0 Å². The van der Waals surface area contributed by atoms with E-state index in [1.807, 2.05) is 4.68 Å². The van der Waals surface area contributed by atoms with Gasteiger partial charge in [-0.3, -0.25) is 4.68 Å². The minimum absolute atomic E-state index is 0.273. The Bertz CT molecular complexity index is 309. The first-order chi connectivity index (χ1) is 7.72. The summed E-state index contributed by atoms with van der Waals surface area (Å²) >= 11 is 0. The molecule has 0 aliphatic carbocycles. The van der Waals surface area contributed by atoms with Crippen LogP contribution in [0.4, 0.5) is 0 Å². The average molecular weight is 225 g/mol. The minimum Gasteiger partial charge on any atom is -0.493 e. The average Bonchev–Trinajstić information content (AvgIpc) is 2.69. The molecule has 0 fully saturated rings. The largest absolute Gasteiger partial charge is 0.493 e. The molecule has 0 aliphatic rings. The van der Waals surface area contributed by atoms with Crippen molar-refractivity contribution in [2.24, 2.45) is 5.73 Å². The van der Waals surface area contributed by atoms with Gasteiger partial charge < -0.3 is 10.5 Å². The van der Waals surface area contributed by atoms with E-state index in [9.17, 15) is 0 Å². The van der Waals surface area contributed by atoms with Crippen LogP contribution in [0.5, 0.6) is 5.75 Å². The van der Waals surface area contributed by atoms with Crippen molar-refractivity contribution >= 4 is 0 Å². The maximum atomic E-state index is 5.93. The Morgan fingerprint density at radius 3 is 2.81 bits per heavy atom. The zero-order chi connectivity index (χ0) is 12.0. The van der Waals surface area contributed by atoms with Gasteiger partial charge in [-0.1, -0.05) is 13.8 Å². The van der Waals surface area contributed by atoms with Crippen LogP contribution in [0.1, 0.15) is 38.8 Å².